The molecule has 12 heteroatoms. The molecule has 0 saturated heterocycles. The fourth-order valence-electron chi connectivity index (χ4n) is 0.626. The Balaban J connectivity index is 4.51. The van der Waals surface area contributed by atoms with Crippen LogP contribution in [-0.4, -0.2) is 49.8 Å². The topological polar surface area (TPSA) is 171 Å². The van der Waals surface area contributed by atoms with Crippen molar-refractivity contribution in [1.29, 1.82) is 0 Å². The van der Waals surface area contributed by atoms with Crippen LogP contribution in [-0.2, 0) is 23.0 Å². The zero-order valence-corrected chi connectivity index (χ0v) is 9.40. The number of aldehydes is 1. The molecule has 0 aromatic rings. The van der Waals surface area contributed by atoms with Gasteiger partial charge in [-0.2, -0.15) is 0 Å². The molecule has 0 heterocycles. The normalized spacial score (nSPS) is 16.8. The Morgan fingerprint density at radius 2 is 1.62 bits per heavy atom. The third kappa shape index (κ3) is 8.05. The second-order valence-corrected chi connectivity index (χ2v) is 4.98. The summed E-state index contributed by atoms with van der Waals surface area (Å²) in [5, 5.41) is 8.91. The molecule has 0 bridgehead atoms. The van der Waals surface area contributed by atoms with Crippen LogP contribution in [0.3, 0.4) is 0 Å². The van der Waals surface area contributed by atoms with Gasteiger partial charge in [0.15, 0.2) is 6.29 Å². The average molecular weight is 280 g/mol. The van der Waals surface area contributed by atoms with E-state index in [-0.39, 0.29) is 6.29 Å². The van der Waals surface area contributed by atoms with E-state index >= 15 is 0 Å². The van der Waals surface area contributed by atoms with E-state index in [1.54, 1.807) is 0 Å². The van der Waals surface area contributed by atoms with Crippen LogP contribution in [0.5, 0.6) is 0 Å². The van der Waals surface area contributed by atoms with E-state index in [4.69, 9.17) is 24.7 Å². The zero-order valence-electron chi connectivity index (χ0n) is 7.61. The third-order valence-corrected chi connectivity index (χ3v) is 2.23. The Morgan fingerprint density at radius 3 is 1.94 bits per heavy atom. The highest BCUT2D eigenvalue weighted by molar-refractivity contribution is 7.46. The van der Waals surface area contributed by atoms with Gasteiger partial charge in [0.1, 0.15) is 12.2 Å². The fourth-order valence-corrected chi connectivity index (χ4v) is 1.51. The SMILES string of the molecule is O=C[C@H](O)[C@@H](COP(=O)(O)O)OP(=O)(O)O. The lowest BCUT2D eigenvalue weighted by Gasteiger charge is -2.19. The molecule has 0 spiro atoms. The van der Waals surface area contributed by atoms with Crippen molar-refractivity contribution in [3.8, 4) is 0 Å². The van der Waals surface area contributed by atoms with Crippen LogP contribution in [0.4, 0.5) is 0 Å². The Morgan fingerprint density at radius 1 is 1.12 bits per heavy atom. The number of aliphatic hydroxyl groups is 1. The monoisotopic (exact) mass is 280 g/mol. The van der Waals surface area contributed by atoms with Gasteiger partial charge in [-0.1, -0.05) is 0 Å². The van der Waals surface area contributed by atoms with E-state index in [9.17, 15) is 13.9 Å². The summed E-state index contributed by atoms with van der Waals surface area (Å²) in [5.74, 6) is 0. The van der Waals surface area contributed by atoms with Gasteiger partial charge >= 0.3 is 15.6 Å². The first-order chi connectivity index (χ1) is 7.05. The Kier molecular flexibility index (Phi) is 5.91. The number of aliphatic hydroxyl groups excluding tert-OH is 1. The van der Waals surface area contributed by atoms with E-state index in [1.165, 1.54) is 0 Å². The molecule has 10 nitrogen and oxygen atoms in total. The van der Waals surface area contributed by atoms with Crippen molar-refractivity contribution < 1.29 is 47.7 Å². The Labute approximate surface area is 89.3 Å². The molecular weight excluding hydrogens is 270 g/mol. The standard InChI is InChI=1S/C4H10O10P2/c5-1-3(6)4(14-16(10,11)12)2-13-15(7,8)9/h1,3-4,6H,2H2,(H2,7,8,9)(H2,10,11,12)/t3-,4+/m0/s1. The fraction of sp³-hybridized carbons (Fsp3) is 0.750. The number of carbonyl (C=O) groups excluding carboxylic acids is 1. The first kappa shape index (κ1) is 15.9. The number of carbonyl (C=O) groups is 1. The van der Waals surface area contributed by atoms with Crippen molar-refractivity contribution in [1.82, 2.24) is 0 Å². The van der Waals surface area contributed by atoms with Gasteiger partial charge in [0.05, 0.1) is 6.61 Å². The first-order valence-electron chi connectivity index (χ1n) is 3.62. The quantitative estimate of drug-likeness (QED) is 0.263. The van der Waals surface area contributed by atoms with Crippen LogP contribution < -0.4 is 0 Å². The third-order valence-electron chi connectivity index (χ3n) is 1.20. The molecule has 0 aliphatic rings. The minimum absolute atomic E-state index is 0.122. The van der Waals surface area contributed by atoms with E-state index in [0.717, 1.165) is 0 Å². The van der Waals surface area contributed by atoms with Gasteiger partial charge in [-0.15, -0.1) is 0 Å². The molecule has 0 amide bonds. The first-order valence-corrected chi connectivity index (χ1v) is 6.68. The number of phosphoric ester groups is 2. The van der Waals surface area contributed by atoms with E-state index < -0.39 is 34.5 Å². The van der Waals surface area contributed by atoms with Crippen LogP contribution >= 0.6 is 15.6 Å². The molecule has 0 unspecified atom stereocenters. The minimum atomic E-state index is -5.02. The van der Waals surface area contributed by atoms with Gasteiger partial charge in [0.2, 0.25) is 0 Å². The molecule has 0 rings (SSSR count). The van der Waals surface area contributed by atoms with Crippen molar-refractivity contribution in [2.75, 3.05) is 6.61 Å². The maximum atomic E-state index is 10.4. The molecule has 0 aliphatic carbocycles. The molecule has 2 atom stereocenters. The van der Waals surface area contributed by atoms with Crippen molar-refractivity contribution in [3.63, 3.8) is 0 Å². The molecule has 0 fully saturated rings. The van der Waals surface area contributed by atoms with Gasteiger partial charge in [0.25, 0.3) is 0 Å². The lowest BCUT2D eigenvalue weighted by atomic mass is 10.2. The summed E-state index contributed by atoms with van der Waals surface area (Å²) < 4.78 is 28.4. The molecular formula is C4H10O10P2. The summed E-state index contributed by atoms with van der Waals surface area (Å²) in [6, 6.07) is 0. The lowest BCUT2D eigenvalue weighted by molar-refractivity contribution is -0.121. The summed E-state index contributed by atoms with van der Waals surface area (Å²) in [4.78, 5) is 43.4. The number of hydrogen-bond acceptors (Lipinski definition) is 6. The largest absolute Gasteiger partial charge is 0.470 e. The highest BCUT2D eigenvalue weighted by Gasteiger charge is 2.30. The van der Waals surface area contributed by atoms with Gasteiger partial charge in [-0.25, -0.2) is 9.13 Å². The maximum absolute atomic E-state index is 10.4. The highest BCUT2D eigenvalue weighted by Crippen LogP contribution is 2.40. The molecule has 0 aromatic heterocycles. The summed E-state index contributed by atoms with van der Waals surface area (Å²) in [7, 11) is -9.92. The van der Waals surface area contributed by atoms with Gasteiger partial charge < -0.3 is 29.5 Å². The summed E-state index contributed by atoms with van der Waals surface area (Å²) in [5.41, 5.74) is 0. The molecule has 0 aliphatic heterocycles. The molecule has 16 heavy (non-hydrogen) atoms. The number of hydrogen-bond donors (Lipinski definition) is 5. The second kappa shape index (κ2) is 5.97. The average Bonchev–Trinajstić information content (AvgIpc) is 2.07. The number of phosphoric acid groups is 2. The van der Waals surface area contributed by atoms with E-state index in [0.29, 0.717) is 0 Å². The predicted octanol–water partition coefficient (Wildman–Crippen LogP) is -1.87. The zero-order chi connectivity index (χ0) is 13.0. The molecule has 96 valence electrons. The maximum Gasteiger partial charge on any atom is 0.470 e. The second-order valence-electron chi connectivity index (χ2n) is 2.55. The van der Waals surface area contributed by atoms with Crippen molar-refractivity contribution in [2.45, 2.75) is 12.2 Å². The summed E-state index contributed by atoms with van der Waals surface area (Å²) in [6.07, 6.45) is -3.99. The molecule has 5 N–H and O–H groups in total. The van der Waals surface area contributed by atoms with Crippen molar-refractivity contribution >= 4 is 21.9 Å². The number of rotatable bonds is 7. The lowest BCUT2D eigenvalue weighted by Crippen LogP contribution is -2.33. The molecule has 0 aromatic carbocycles. The minimum Gasteiger partial charge on any atom is -0.383 e. The van der Waals surface area contributed by atoms with Crippen LogP contribution in [0.2, 0.25) is 0 Å². The van der Waals surface area contributed by atoms with Crippen LogP contribution in [0, 0.1) is 0 Å². The van der Waals surface area contributed by atoms with Gasteiger partial charge in [0, 0.05) is 0 Å². The molecule has 0 radical (unpaired) electrons. The van der Waals surface area contributed by atoms with Crippen LogP contribution in [0.25, 0.3) is 0 Å². The summed E-state index contributed by atoms with van der Waals surface area (Å²) in [6.45, 7) is -1.06. The molecule has 0 saturated carbocycles. The van der Waals surface area contributed by atoms with Crippen LogP contribution in [0.15, 0.2) is 0 Å². The summed E-state index contributed by atoms with van der Waals surface area (Å²) >= 11 is 0. The Hall–Kier alpha value is -0.150. The Bertz CT molecular complexity index is 315. The van der Waals surface area contributed by atoms with Gasteiger partial charge in [-0.3, -0.25) is 9.05 Å². The van der Waals surface area contributed by atoms with Crippen LogP contribution in [0.1, 0.15) is 0 Å². The smallest absolute Gasteiger partial charge is 0.383 e. The van der Waals surface area contributed by atoms with Crippen molar-refractivity contribution in [2.24, 2.45) is 0 Å². The highest BCUT2D eigenvalue weighted by atomic mass is 31.2. The van der Waals surface area contributed by atoms with E-state index in [2.05, 4.69) is 9.05 Å². The van der Waals surface area contributed by atoms with Gasteiger partial charge in [-0.05, 0) is 0 Å². The van der Waals surface area contributed by atoms with E-state index in [1.807, 2.05) is 0 Å². The predicted molar refractivity (Wildman–Crippen MR) is 47.0 cm³/mol. The van der Waals surface area contributed by atoms with Crippen molar-refractivity contribution in [3.05, 3.63) is 0 Å².